The predicted molar refractivity (Wildman–Crippen MR) is 46.2 cm³/mol. The maximum absolute atomic E-state index is 5.59. The summed E-state index contributed by atoms with van der Waals surface area (Å²) in [7, 11) is 0. The van der Waals surface area contributed by atoms with E-state index in [1.807, 2.05) is 0 Å². The van der Waals surface area contributed by atoms with Crippen LogP contribution >= 0.6 is 0 Å². The molecule has 2 aliphatic rings. The van der Waals surface area contributed by atoms with Gasteiger partial charge in [0.05, 0.1) is 19.3 Å². The average Bonchev–Trinajstić information content (AvgIpc) is 2.76. The van der Waals surface area contributed by atoms with Gasteiger partial charge in [-0.1, -0.05) is 0 Å². The summed E-state index contributed by atoms with van der Waals surface area (Å²) in [4.78, 5) is 0. The first-order valence-electron chi connectivity index (χ1n) is 4.88. The molecule has 1 atom stereocenters. The highest BCUT2D eigenvalue weighted by Crippen LogP contribution is 2.18. The van der Waals surface area contributed by atoms with E-state index in [1.54, 1.807) is 0 Å². The van der Waals surface area contributed by atoms with Crippen molar-refractivity contribution in [1.29, 1.82) is 0 Å². The fourth-order valence-corrected chi connectivity index (χ4v) is 1.42. The van der Waals surface area contributed by atoms with Gasteiger partial charge in [0.15, 0.2) is 0 Å². The molecule has 1 saturated carbocycles. The van der Waals surface area contributed by atoms with Gasteiger partial charge in [0.2, 0.25) is 0 Å². The molecule has 1 N–H and O–H groups in total. The first kappa shape index (κ1) is 8.48. The summed E-state index contributed by atoms with van der Waals surface area (Å²) >= 11 is 0. The molecule has 0 amide bonds. The van der Waals surface area contributed by atoms with Crippen LogP contribution in [0.15, 0.2) is 0 Å². The van der Waals surface area contributed by atoms with Crippen molar-refractivity contribution in [2.75, 3.05) is 26.4 Å². The molecule has 0 aromatic rings. The number of ether oxygens (including phenoxy) is 2. The molecule has 1 saturated heterocycles. The minimum absolute atomic E-state index is 0.367. The van der Waals surface area contributed by atoms with Crippen molar-refractivity contribution >= 4 is 0 Å². The fourth-order valence-electron chi connectivity index (χ4n) is 1.42. The minimum atomic E-state index is 0.367. The molecule has 0 radical (unpaired) electrons. The van der Waals surface area contributed by atoms with Gasteiger partial charge in [0.1, 0.15) is 0 Å². The maximum Gasteiger partial charge on any atom is 0.0831 e. The number of nitrogens with one attached hydrogen (secondary N) is 1. The Balaban J connectivity index is 1.44. The van der Waals surface area contributed by atoms with Gasteiger partial charge in [0, 0.05) is 19.2 Å². The third-order valence-corrected chi connectivity index (χ3v) is 2.35. The first-order chi connectivity index (χ1) is 5.95. The molecule has 1 heterocycles. The molecule has 1 aliphatic heterocycles. The Kier molecular flexibility index (Phi) is 2.98. The van der Waals surface area contributed by atoms with E-state index in [-0.39, 0.29) is 0 Å². The third kappa shape index (κ3) is 2.73. The van der Waals surface area contributed by atoms with E-state index >= 15 is 0 Å². The lowest BCUT2D eigenvalue weighted by Crippen LogP contribution is -2.24. The highest BCUT2D eigenvalue weighted by molar-refractivity contribution is 4.80. The van der Waals surface area contributed by atoms with E-state index in [9.17, 15) is 0 Å². The predicted octanol–water partition coefficient (Wildman–Crippen LogP) is 0.544. The van der Waals surface area contributed by atoms with Crippen LogP contribution < -0.4 is 5.32 Å². The second-order valence-electron chi connectivity index (χ2n) is 3.58. The molecule has 0 spiro atoms. The van der Waals surface area contributed by atoms with E-state index in [1.165, 1.54) is 12.8 Å². The van der Waals surface area contributed by atoms with Gasteiger partial charge in [-0.2, -0.15) is 0 Å². The molecule has 0 aromatic carbocycles. The lowest BCUT2D eigenvalue weighted by molar-refractivity contribution is 0.0444. The Morgan fingerprint density at radius 1 is 1.33 bits per heavy atom. The van der Waals surface area contributed by atoms with Crippen molar-refractivity contribution in [3.63, 3.8) is 0 Å². The van der Waals surface area contributed by atoms with Crippen LogP contribution in [0.1, 0.15) is 19.3 Å². The van der Waals surface area contributed by atoms with E-state index < -0.39 is 0 Å². The normalized spacial score (nSPS) is 29.5. The zero-order chi connectivity index (χ0) is 8.23. The summed E-state index contributed by atoms with van der Waals surface area (Å²) in [5, 5.41) is 3.41. The van der Waals surface area contributed by atoms with Crippen molar-refractivity contribution < 1.29 is 9.47 Å². The Labute approximate surface area is 73.4 Å². The van der Waals surface area contributed by atoms with Crippen LogP contribution in [0.25, 0.3) is 0 Å². The molecule has 0 bridgehead atoms. The third-order valence-electron chi connectivity index (χ3n) is 2.35. The van der Waals surface area contributed by atoms with Gasteiger partial charge in [-0.15, -0.1) is 0 Å². The van der Waals surface area contributed by atoms with Crippen LogP contribution in [0.5, 0.6) is 0 Å². The van der Waals surface area contributed by atoms with Crippen molar-refractivity contribution in [3.8, 4) is 0 Å². The van der Waals surface area contributed by atoms with Crippen molar-refractivity contribution in [2.45, 2.75) is 31.4 Å². The van der Waals surface area contributed by atoms with Crippen LogP contribution in [-0.4, -0.2) is 38.5 Å². The lowest BCUT2D eigenvalue weighted by Gasteiger charge is -2.09. The second-order valence-corrected chi connectivity index (χ2v) is 3.58. The van der Waals surface area contributed by atoms with E-state index in [0.29, 0.717) is 6.10 Å². The van der Waals surface area contributed by atoms with Crippen molar-refractivity contribution in [2.24, 2.45) is 0 Å². The van der Waals surface area contributed by atoms with Crippen LogP contribution in [0.2, 0.25) is 0 Å². The molecule has 70 valence electrons. The highest BCUT2D eigenvalue weighted by Gasteiger charge is 2.20. The summed E-state index contributed by atoms with van der Waals surface area (Å²) in [5.74, 6) is 0. The number of hydrogen-bond donors (Lipinski definition) is 1. The minimum Gasteiger partial charge on any atom is -0.379 e. The quantitative estimate of drug-likeness (QED) is 0.613. The molecule has 0 aromatic heterocycles. The molecule has 12 heavy (non-hydrogen) atoms. The molecule has 2 fully saturated rings. The Morgan fingerprint density at radius 3 is 2.92 bits per heavy atom. The van der Waals surface area contributed by atoms with Crippen LogP contribution in [0, 0.1) is 0 Å². The number of hydrogen-bond acceptors (Lipinski definition) is 3. The summed E-state index contributed by atoms with van der Waals surface area (Å²) in [5.41, 5.74) is 0. The highest BCUT2D eigenvalue weighted by atomic mass is 16.5. The summed E-state index contributed by atoms with van der Waals surface area (Å²) in [6.45, 7) is 3.51. The molecule has 3 heteroatoms. The zero-order valence-corrected chi connectivity index (χ0v) is 7.42. The zero-order valence-electron chi connectivity index (χ0n) is 7.42. The van der Waals surface area contributed by atoms with Gasteiger partial charge in [0.25, 0.3) is 0 Å². The van der Waals surface area contributed by atoms with E-state index in [2.05, 4.69) is 5.32 Å². The maximum atomic E-state index is 5.59. The first-order valence-corrected chi connectivity index (χ1v) is 4.88. The largest absolute Gasteiger partial charge is 0.379 e. The average molecular weight is 171 g/mol. The number of rotatable bonds is 5. The topological polar surface area (TPSA) is 30.5 Å². The molecule has 1 aliphatic carbocycles. The van der Waals surface area contributed by atoms with Crippen LogP contribution in [-0.2, 0) is 9.47 Å². The molecule has 1 unspecified atom stereocenters. The summed E-state index contributed by atoms with van der Waals surface area (Å²) in [6.07, 6.45) is 4.15. The van der Waals surface area contributed by atoms with Crippen LogP contribution in [0.3, 0.4) is 0 Å². The SMILES string of the molecule is C(COC1CCOC1)NC1CC1. The second kappa shape index (κ2) is 4.21. The van der Waals surface area contributed by atoms with Crippen molar-refractivity contribution in [3.05, 3.63) is 0 Å². The van der Waals surface area contributed by atoms with E-state index in [0.717, 1.165) is 38.8 Å². The Hall–Kier alpha value is -0.120. The lowest BCUT2D eigenvalue weighted by atomic mass is 10.3. The summed E-state index contributed by atoms with van der Waals surface area (Å²) in [6, 6.07) is 0.799. The Morgan fingerprint density at radius 2 is 2.25 bits per heavy atom. The van der Waals surface area contributed by atoms with Gasteiger partial charge in [-0.25, -0.2) is 0 Å². The summed E-state index contributed by atoms with van der Waals surface area (Å²) < 4.78 is 10.8. The molecular formula is C9H17NO2. The van der Waals surface area contributed by atoms with Gasteiger partial charge >= 0.3 is 0 Å². The molecular weight excluding hydrogens is 154 g/mol. The van der Waals surface area contributed by atoms with Crippen molar-refractivity contribution in [1.82, 2.24) is 5.32 Å². The van der Waals surface area contributed by atoms with E-state index in [4.69, 9.17) is 9.47 Å². The molecule has 2 rings (SSSR count). The van der Waals surface area contributed by atoms with Gasteiger partial charge in [-0.3, -0.25) is 0 Å². The molecule has 3 nitrogen and oxygen atoms in total. The standard InChI is InChI=1S/C9H17NO2/c1-2-8(1)10-4-6-12-9-3-5-11-7-9/h8-10H,1-7H2. The fraction of sp³-hybridized carbons (Fsp3) is 1.00. The monoisotopic (exact) mass is 171 g/mol. The van der Waals surface area contributed by atoms with Gasteiger partial charge in [-0.05, 0) is 19.3 Å². The smallest absolute Gasteiger partial charge is 0.0831 e. The van der Waals surface area contributed by atoms with Crippen LogP contribution in [0.4, 0.5) is 0 Å². The van der Waals surface area contributed by atoms with Gasteiger partial charge < -0.3 is 14.8 Å². The Bertz CT molecular complexity index is 130.